The van der Waals surface area contributed by atoms with E-state index in [-0.39, 0.29) is 24.7 Å². The van der Waals surface area contributed by atoms with E-state index in [0.29, 0.717) is 33.7 Å². The monoisotopic (exact) mass is 525 g/mol. The molecule has 3 aromatic rings. The van der Waals surface area contributed by atoms with Crippen molar-refractivity contribution >= 4 is 56.6 Å². The van der Waals surface area contributed by atoms with Crippen molar-refractivity contribution in [2.75, 3.05) is 58.5 Å². The maximum atomic E-state index is 13.5. The Labute approximate surface area is 215 Å². The zero-order chi connectivity index (χ0) is 23.2. The number of anilines is 1. The highest BCUT2D eigenvalue weighted by Crippen LogP contribution is 2.40. The molecule has 10 heteroatoms. The fourth-order valence-corrected chi connectivity index (χ4v) is 5.21. The third kappa shape index (κ3) is 6.12. The second-order valence-electron chi connectivity index (χ2n) is 7.77. The summed E-state index contributed by atoms with van der Waals surface area (Å²) in [7, 11) is 3.24. The highest BCUT2D eigenvalue weighted by molar-refractivity contribution is 7.22. The number of ether oxygens (including phenoxy) is 3. The summed E-state index contributed by atoms with van der Waals surface area (Å²) in [4.78, 5) is 22.4. The number of morpholine rings is 1. The van der Waals surface area contributed by atoms with Crippen LogP contribution in [0.4, 0.5) is 5.13 Å². The molecule has 1 amide bonds. The first kappa shape index (κ1) is 26.5. The first-order valence-electron chi connectivity index (χ1n) is 11.0. The Balaban J connectivity index is 0.00000324. The Bertz CT molecular complexity index is 1060. The molecule has 1 fully saturated rings. The van der Waals surface area contributed by atoms with Crippen LogP contribution in [0.1, 0.15) is 12.0 Å². The smallest absolute Gasteiger partial charge is 0.233 e. The van der Waals surface area contributed by atoms with Crippen LogP contribution < -0.4 is 14.4 Å². The van der Waals surface area contributed by atoms with Crippen molar-refractivity contribution in [3.05, 3.63) is 47.0 Å². The third-order valence-electron chi connectivity index (χ3n) is 5.69. The van der Waals surface area contributed by atoms with Crippen molar-refractivity contribution in [3.8, 4) is 11.5 Å². The van der Waals surface area contributed by atoms with Crippen LogP contribution in [-0.2, 0) is 16.0 Å². The Morgan fingerprint density at radius 1 is 1.15 bits per heavy atom. The minimum atomic E-state index is -0.0398. The summed E-state index contributed by atoms with van der Waals surface area (Å²) in [6.45, 7) is 4.81. The predicted octanol–water partition coefficient (Wildman–Crippen LogP) is 4.69. The predicted molar refractivity (Wildman–Crippen MR) is 139 cm³/mol. The van der Waals surface area contributed by atoms with Crippen LogP contribution in [0.3, 0.4) is 0 Å². The summed E-state index contributed by atoms with van der Waals surface area (Å²) >= 11 is 7.77. The van der Waals surface area contributed by atoms with Crippen LogP contribution in [0, 0.1) is 0 Å². The molecule has 184 valence electrons. The molecule has 0 bridgehead atoms. The van der Waals surface area contributed by atoms with Crippen LogP contribution in [0.5, 0.6) is 11.5 Å². The van der Waals surface area contributed by atoms with E-state index in [4.69, 9.17) is 30.8 Å². The first-order chi connectivity index (χ1) is 16.1. The molecular formula is C24H29Cl2N3O4S. The van der Waals surface area contributed by atoms with Crippen molar-refractivity contribution < 1.29 is 19.0 Å². The number of aromatic nitrogens is 1. The van der Waals surface area contributed by atoms with Gasteiger partial charge in [0.25, 0.3) is 0 Å². The lowest BCUT2D eigenvalue weighted by Crippen LogP contribution is -2.39. The van der Waals surface area contributed by atoms with Crippen LogP contribution in [-0.4, -0.2) is 69.4 Å². The molecule has 2 heterocycles. The Morgan fingerprint density at radius 2 is 1.85 bits per heavy atom. The third-order valence-corrected chi connectivity index (χ3v) is 7.15. The fraction of sp³-hybridized carbons (Fsp3) is 0.417. The van der Waals surface area contributed by atoms with Crippen molar-refractivity contribution in [1.29, 1.82) is 0 Å². The second kappa shape index (κ2) is 12.6. The molecule has 1 aliphatic heterocycles. The topological polar surface area (TPSA) is 64.1 Å². The zero-order valence-electron chi connectivity index (χ0n) is 19.3. The van der Waals surface area contributed by atoms with Crippen LogP contribution in [0.15, 0.2) is 36.4 Å². The van der Waals surface area contributed by atoms with E-state index in [1.54, 1.807) is 25.2 Å². The minimum Gasteiger partial charge on any atom is -0.495 e. The maximum Gasteiger partial charge on any atom is 0.233 e. The van der Waals surface area contributed by atoms with Gasteiger partial charge in [-0.25, -0.2) is 4.98 Å². The van der Waals surface area contributed by atoms with Gasteiger partial charge in [0, 0.05) is 31.2 Å². The van der Waals surface area contributed by atoms with Crippen molar-refractivity contribution in [2.24, 2.45) is 0 Å². The number of hydrogen-bond donors (Lipinski definition) is 0. The van der Waals surface area contributed by atoms with Gasteiger partial charge in [-0.3, -0.25) is 14.6 Å². The average Bonchev–Trinajstić information content (AvgIpc) is 3.28. The maximum absolute atomic E-state index is 13.5. The molecule has 34 heavy (non-hydrogen) atoms. The van der Waals surface area contributed by atoms with Gasteiger partial charge in [0.15, 0.2) is 5.13 Å². The van der Waals surface area contributed by atoms with Gasteiger partial charge in [-0.05, 0) is 30.2 Å². The fourth-order valence-electron chi connectivity index (χ4n) is 3.89. The summed E-state index contributed by atoms with van der Waals surface area (Å²) in [5, 5.41) is 1.22. The van der Waals surface area contributed by atoms with Gasteiger partial charge in [-0.1, -0.05) is 41.1 Å². The number of carbonyl (C=O) groups excluding carboxylic acids is 1. The van der Waals surface area contributed by atoms with Crippen molar-refractivity contribution in [1.82, 2.24) is 9.88 Å². The van der Waals surface area contributed by atoms with Crippen LogP contribution >= 0.6 is 35.3 Å². The van der Waals surface area contributed by atoms with Gasteiger partial charge in [-0.15, -0.1) is 12.4 Å². The zero-order valence-corrected chi connectivity index (χ0v) is 21.7. The SMILES string of the molecule is COc1ccc(OC)c2sc(N(CCCN3CCOCC3)C(=O)Cc3ccccc3Cl)nc12.Cl. The Hall–Kier alpha value is -2.10. The van der Waals surface area contributed by atoms with E-state index < -0.39 is 0 Å². The molecule has 1 saturated heterocycles. The number of methoxy groups -OCH3 is 2. The van der Waals surface area contributed by atoms with Crippen molar-refractivity contribution in [3.63, 3.8) is 0 Å². The van der Waals surface area contributed by atoms with E-state index >= 15 is 0 Å². The number of carbonyl (C=O) groups is 1. The number of rotatable bonds is 9. The molecule has 0 radical (unpaired) electrons. The quantitative estimate of drug-likeness (QED) is 0.403. The van der Waals surface area contributed by atoms with E-state index in [9.17, 15) is 4.79 Å². The van der Waals surface area contributed by atoms with Gasteiger partial charge < -0.3 is 14.2 Å². The number of halogens is 2. The second-order valence-corrected chi connectivity index (χ2v) is 9.15. The summed E-state index contributed by atoms with van der Waals surface area (Å²) in [6, 6.07) is 11.1. The molecule has 7 nitrogen and oxygen atoms in total. The number of nitrogens with zero attached hydrogens (tertiary/aromatic N) is 3. The summed E-state index contributed by atoms with van der Waals surface area (Å²) in [5.41, 5.74) is 1.50. The molecule has 0 spiro atoms. The first-order valence-corrected chi connectivity index (χ1v) is 12.2. The van der Waals surface area contributed by atoms with Gasteiger partial charge in [-0.2, -0.15) is 0 Å². The lowest BCUT2D eigenvalue weighted by Gasteiger charge is -2.27. The lowest BCUT2D eigenvalue weighted by molar-refractivity contribution is -0.118. The minimum absolute atomic E-state index is 0. The summed E-state index contributed by atoms with van der Waals surface area (Å²) < 4.78 is 17.3. The number of benzene rings is 2. The normalized spacial score (nSPS) is 14.0. The van der Waals surface area contributed by atoms with Gasteiger partial charge in [0.1, 0.15) is 21.7 Å². The van der Waals surface area contributed by atoms with E-state index in [1.165, 1.54) is 11.3 Å². The average molecular weight is 526 g/mol. The summed E-state index contributed by atoms with van der Waals surface area (Å²) in [5.74, 6) is 1.32. The molecule has 4 rings (SSSR count). The molecule has 0 aliphatic carbocycles. The largest absolute Gasteiger partial charge is 0.495 e. The number of amides is 1. The van der Waals surface area contributed by atoms with Crippen molar-refractivity contribution in [2.45, 2.75) is 12.8 Å². The summed E-state index contributed by atoms with van der Waals surface area (Å²) in [6.07, 6.45) is 1.04. The van der Waals surface area contributed by atoms with Crippen LogP contribution in [0.25, 0.3) is 10.2 Å². The molecule has 0 atom stereocenters. The molecule has 1 aliphatic rings. The molecule has 2 aromatic carbocycles. The Kier molecular flexibility index (Phi) is 9.79. The molecular weight excluding hydrogens is 497 g/mol. The van der Waals surface area contributed by atoms with Gasteiger partial charge in [0.2, 0.25) is 5.91 Å². The highest BCUT2D eigenvalue weighted by atomic mass is 35.5. The molecule has 0 N–H and O–H groups in total. The number of thiazole rings is 1. The van der Waals surface area contributed by atoms with Gasteiger partial charge >= 0.3 is 0 Å². The van der Waals surface area contributed by atoms with E-state index in [0.717, 1.165) is 49.5 Å². The number of fused-ring (bicyclic) bond motifs is 1. The molecule has 1 aromatic heterocycles. The standard InChI is InChI=1S/C24H28ClN3O4S.ClH/c1-30-19-8-9-20(31-2)23-22(19)26-24(33-23)28(11-5-10-27-12-14-32-15-13-27)21(29)16-17-6-3-4-7-18(17)25;/h3-4,6-9H,5,10-16H2,1-2H3;1H. The molecule has 0 saturated carbocycles. The lowest BCUT2D eigenvalue weighted by atomic mass is 10.1. The Morgan fingerprint density at radius 3 is 2.56 bits per heavy atom. The van der Waals surface area contributed by atoms with E-state index in [2.05, 4.69) is 4.90 Å². The number of hydrogen-bond acceptors (Lipinski definition) is 7. The van der Waals surface area contributed by atoms with E-state index in [1.807, 2.05) is 30.3 Å². The highest BCUT2D eigenvalue weighted by Gasteiger charge is 2.23. The van der Waals surface area contributed by atoms with Crippen LogP contribution in [0.2, 0.25) is 5.02 Å². The molecule has 0 unspecified atom stereocenters. The van der Waals surface area contributed by atoms with Gasteiger partial charge in [0.05, 0.1) is 33.9 Å².